The predicted octanol–water partition coefficient (Wildman–Crippen LogP) is 4.36. The van der Waals surface area contributed by atoms with Crippen molar-refractivity contribution in [3.63, 3.8) is 0 Å². The van der Waals surface area contributed by atoms with Crippen LogP contribution in [0.1, 0.15) is 26.3 Å². The van der Waals surface area contributed by atoms with E-state index in [4.69, 9.17) is 9.47 Å². The highest BCUT2D eigenvalue weighted by Crippen LogP contribution is 2.22. The van der Waals surface area contributed by atoms with Crippen LogP contribution in [0.3, 0.4) is 0 Å². The molecule has 1 heterocycles. The van der Waals surface area contributed by atoms with Crippen molar-refractivity contribution in [1.82, 2.24) is 4.90 Å². The Morgan fingerprint density at radius 3 is 2.28 bits per heavy atom. The maximum Gasteiger partial charge on any atom is 0.410 e. The van der Waals surface area contributed by atoms with E-state index >= 15 is 0 Å². The number of nitrogens with one attached hydrogen (secondary N) is 1. The van der Waals surface area contributed by atoms with Crippen LogP contribution >= 0.6 is 0 Å². The maximum atomic E-state index is 12.2. The maximum absolute atomic E-state index is 12.2. The van der Waals surface area contributed by atoms with E-state index in [0.717, 1.165) is 35.8 Å². The molecule has 6 nitrogen and oxygen atoms in total. The lowest BCUT2D eigenvalue weighted by molar-refractivity contribution is 0.0240. The third-order valence-corrected chi connectivity index (χ3v) is 4.84. The standard InChI is InChI=1S/C23H31N3O3/c1-23(2,3)29-22(27)26-15-13-25(14-16-26)20-11-9-19(10-12-20)24-17-18-7-5-6-8-21(18)28-4/h5-12,24H,13-17H2,1-4H3. The van der Waals surface area contributed by atoms with E-state index in [1.54, 1.807) is 12.0 Å². The van der Waals surface area contributed by atoms with Gasteiger partial charge in [0.25, 0.3) is 0 Å². The number of anilines is 2. The second kappa shape index (κ2) is 9.07. The van der Waals surface area contributed by atoms with Crippen LogP contribution in [0.25, 0.3) is 0 Å². The van der Waals surface area contributed by atoms with Gasteiger partial charge in [0.05, 0.1) is 7.11 Å². The minimum Gasteiger partial charge on any atom is -0.496 e. The van der Waals surface area contributed by atoms with Crippen molar-refractivity contribution in [2.45, 2.75) is 32.9 Å². The highest BCUT2D eigenvalue weighted by Gasteiger charge is 2.25. The molecule has 1 fully saturated rings. The number of methoxy groups -OCH3 is 1. The average Bonchev–Trinajstić information content (AvgIpc) is 2.72. The molecule has 1 N–H and O–H groups in total. The summed E-state index contributed by atoms with van der Waals surface area (Å²) in [6.45, 7) is 9.32. The second-order valence-corrected chi connectivity index (χ2v) is 8.17. The summed E-state index contributed by atoms with van der Waals surface area (Å²) in [4.78, 5) is 16.3. The molecule has 0 aromatic heterocycles. The summed E-state index contributed by atoms with van der Waals surface area (Å²) in [5.74, 6) is 0.888. The molecule has 6 heteroatoms. The quantitative estimate of drug-likeness (QED) is 0.812. The Hall–Kier alpha value is -2.89. The first-order chi connectivity index (χ1) is 13.9. The number of rotatable bonds is 5. The Labute approximate surface area is 173 Å². The fourth-order valence-corrected chi connectivity index (χ4v) is 3.31. The monoisotopic (exact) mass is 397 g/mol. The van der Waals surface area contributed by atoms with Gasteiger partial charge in [-0.1, -0.05) is 18.2 Å². The van der Waals surface area contributed by atoms with E-state index < -0.39 is 5.60 Å². The number of amides is 1. The normalized spacial score (nSPS) is 14.5. The molecular formula is C23H31N3O3. The van der Waals surface area contributed by atoms with Crippen LogP contribution in [-0.4, -0.2) is 49.9 Å². The molecule has 0 unspecified atom stereocenters. The molecule has 0 spiro atoms. The summed E-state index contributed by atoms with van der Waals surface area (Å²) in [7, 11) is 1.69. The van der Waals surface area contributed by atoms with Crippen LogP contribution in [0.5, 0.6) is 5.75 Å². The number of carbonyl (C=O) groups is 1. The van der Waals surface area contributed by atoms with Gasteiger partial charge in [0.15, 0.2) is 0 Å². The molecule has 156 valence electrons. The van der Waals surface area contributed by atoms with Gasteiger partial charge in [-0.05, 0) is 51.1 Å². The zero-order chi connectivity index (χ0) is 20.9. The molecule has 2 aromatic rings. The van der Waals surface area contributed by atoms with Crippen LogP contribution in [-0.2, 0) is 11.3 Å². The van der Waals surface area contributed by atoms with Gasteiger partial charge in [0.1, 0.15) is 11.4 Å². The molecule has 0 saturated carbocycles. The molecule has 2 aromatic carbocycles. The minimum atomic E-state index is -0.458. The fourth-order valence-electron chi connectivity index (χ4n) is 3.31. The number of hydrogen-bond acceptors (Lipinski definition) is 5. The van der Waals surface area contributed by atoms with Gasteiger partial charge in [-0.15, -0.1) is 0 Å². The second-order valence-electron chi connectivity index (χ2n) is 8.17. The van der Waals surface area contributed by atoms with E-state index in [2.05, 4.69) is 40.5 Å². The van der Waals surface area contributed by atoms with Gasteiger partial charge in [-0.25, -0.2) is 4.79 Å². The highest BCUT2D eigenvalue weighted by molar-refractivity contribution is 5.68. The topological polar surface area (TPSA) is 54.0 Å². The van der Waals surface area contributed by atoms with Crippen molar-refractivity contribution < 1.29 is 14.3 Å². The van der Waals surface area contributed by atoms with Crippen molar-refractivity contribution in [2.75, 3.05) is 43.5 Å². The van der Waals surface area contributed by atoms with Crippen LogP contribution in [0, 0.1) is 0 Å². The number of piperazine rings is 1. The van der Waals surface area contributed by atoms with E-state index in [1.807, 2.05) is 39.0 Å². The van der Waals surface area contributed by atoms with Gasteiger partial charge < -0.3 is 24.6 Å². The van der Waals surface area contributed by atoms with Gasteiger partial charge in [-0.3, -0.25) is 0 Å². The lowest BCUT2D eigenvalue weighted by Crippen LogP contribution is -2.50. The number of para-hydroxylation sites is 1. The average molecular weight is 398 g/mol. The minimum absolute atomic E-state index is 0.229. The largest absolute Gasteiger partial charge is 0.496 e. The molecule has 1 saturated heterocycles. The van der Waals surface area contributed by atoms with Crippen molar-refractivity contribution in [3.8, 4) is 5.75 Å². The molecule has 0 atom stereocenters. The third-order valence-electron chi connectivity index (χ3n) is 4.84. The van der Waals surface area contributed by atoms with Gasteiger partial charge in [-0.2, -0.15) is 0 Å². The SMILES string of the molecule is COc1ccccc1CNc1ccc(N2CCN(C(=O)OC(C)(C)C)CC2)cc1. The van der Waals surface area contributed by atoms with Crippen molar-refractivity contribution in [1.29, 1.82) is 0 Å². The predicted molar refractivity (Wildman–Crippen MR) is 117 cm³/mol. The van der Waals surface area contributed by atoms with E-state index in [0.29, 0.717) is 19.6 Å². The first-order valence-corrected chi connectivity index (χ1v) is 10.0. The van der Waals surface area contributed by atoms with Gasteiger partial charge in [0, 0.05) is 49.7 Å². The summed E-state index contributed by atoms with van der Waals surface area (Å²) in [6.07, 6.45) is -0.229. The molecule has 29 heavy (non-hydrogen) atoms. The molecule has 0 bridgehead atoms. The number of benzene rings is 2. The van der Waals surface area contributed by atoms with Gasteiger partial charge >= 0.3 is 6.09 Å². The van der Waals surface area contributed by atoms with Crippen molar-refractivity contribution in [2.24, 2.45) is 0 Å². The zero-order valence-corrected chi connectivity index (χ0v) is 17.8. The van der Waals surface area contributed by atoms with Crippen molar-refractivity contribution >= 4 is 17.5 Å². The van der Waals surface area contributed by atoms with E-state index in [9.17, 15) is 4.79 Å². The third kappa shape index (κ3) is 5.79. The zero-order valence-electron chi connectivity index (χ0n) is 17.8. The lowest BCUT2D eigenvalue weighted by Gasteiger charge is -2.36. The molecule has 1 aliphatic heterocycles. The Morgan fingerprint density at radius 1 is 1.00 bits per heavy atom. The number of nitrogens with zero attached hydrogens (tertiary/aromatic N) is 2. The summed E-state index contributed by atoms with van der Waals surface area (Å²) < 4.78 is 10.9. The molecule has 3 rings (SSSR count). The Bertz CT molecular complexity index is 807. The first kappa shape index (κ1) is 20.8. The summed E-state index contributed by atoms with van der Waals surface area (Å²) in [5.41, 5.74) is 2.89. The van der Waals surface area contributed by atoms with E-state index in [1.165, 1.54) is 0 Å². The lowest BCUT2D eigenvalue weighted by atomic mass is 10.2. The number of carbonyl (C=O) groups excluding carboxylic acids is 1. The molecule has 0 aliphatic carbocycles. The smallest absolute Gasteiger partial charge is 0.410 e. The van der Waals surface area contributed by atoms with Crippen molar-refractivity contribution in [3.05, 3.63) is 54.1 Å². The summed E-state index contributed by atoms with van der Waals surface area (Å²) >= 11 is 0. The first-order valence-electron chi connectivity index (χ1n) is 10.0. The summed E-state index contributed by atoms with van der Waals surface area (Å²) in [5, 5.41) is 3.44. The molecule has 0 radical (unpaired) electrons. The fraction of sp³-hybridized carbons (Fsp3) is 0.435. The Morgan fingerprint density at radius 2 is 1.66 bits per heavy atom. The van der Waals surface area contributed by atoms with E-state index in [-0.39, 0.29) is 6.09 Å². The summed E-state index contributed by atoms with van der Waals surface area (Å²) in [6, 6.07) is 16.4. The van der Waals surface area contributed by atoms with Crippen LogP contribution in [0.15, 0.2) is 48.5 Å². The molecule has 1 aliphatic rings. The van der Waals surface area contributed by atoms with Crippen LogP contribution < -0.4 is 15.0 Å². The molecular weight excluding hydrogens is 366 g/mol. The molecule has 1 amide bonds. The number of hydrogen-bond donors (Lipinski definition) is 1. The highest BCUT2D eigenvalue weighted by atomic mass is 16.6. The Balaban J connectivity index is 1.51. The number of ether oxygens (including phenoxy) is 2. The van der Waals surface area contributed by atoms with Crippen LogP contribution in [0.4, 0.5) is 16.2 Å². The Kier molecular flexibility index (Phi) is 6.52. The van der Waals surface area contributed by atoms with Crippen LogP contribution in [0.2, 0.25) is 0 Å². The van der Waals surface area contributed by atoms with Gasteiger partial charge in [0.2, 0.25) is 0 Å².